The number of amides is 1. The molecule has 0 saturated heterocycles. The van der Waals surface area contributed by atoms with E-state index in [0.717, 1.165) is 0 Å². The molecule has 1 amide bonds. The molecule has 0 aliphatic heterocycles. The van der Waals surface area contributed by atoms with E-state index in [1.807, 2.05) is 19.9 Å². The molecule has 0 bridgehead atoms. The van der Waals surface area contributed by atoms with Crippen LogP contribution in [-0.4, -0.2) is 16.9 Å². The fourth-order valence-electron chi connectivity index (χ4n) is 1.54. The van der Waals surface area contributed by atoms with E-state index < -0.39 is 16.9 Å². The van der Waals surface area contributed by atoms with Gasteiger partial charge in [0.15, 0.2) is 0 Å². The van der Waals surface area contributed by atoms with Crippen LogP contribution in [0.5, 0.6) is 0 Å². The third kappa shape index (κ3) is 3.52. The van der Waals surface area contributed by atoms with E-state index in [0.29, 0.717) is 5.56 Å². The van der Waals surface area contributed by atoms with Crippen molar-refractivity contribution in [1.82, 2.24) is 5.32 Å². The highest BCUT2D eigenvalue weighted by atomic mass is 16.6. The molecule has 1 rings (SSSR count). The number of nitro benzene ring substituents is 1. The van der Waals surface area contributed by atoms with Crippen LogP contribution < -0.4 is 5.32 Å². The minimum atomic E-state index is -0.619. The number of nitrogens with one attached hydrogen (secondary N) is 1. The Bertz CT molecular complexity index is 547. The van der Waals surface area contributed by atoms with Gasteiger partial charge in [0, 0.05) is 17.7 Å². The molecule has 1 aromatic rings. The Hall–Kier alpha value is -2.42. The Morgan fingerprint density at radius 3 is 2.58 bits per heavy atom. The molecule has 0 saturated carbocycles. The van der Waals surface area contributed by atoms with Crippen molar-refractivity contribution in [3.05, 3.63) is 39.4 Å². The third-order valence-corrected chi connectivity index (χ3v) is 2.77. The molecule has 6 nitrogen and oxygen atoms in total. The second-order valence-corrected chi connectivity index (χ2v) is 4.58. The number of nitro groups is 1. The van der Waals surface area contributed by atoms with Gasteiger partial charge in [-0.15, -0.1) is 0 Å². The lowest BCUT2D eigenvalue weighted by Gasteiger charge is -2.15. The van der Waals surface area contributed by atoms with Crippen molar-refractivity contribution < 1.29 is 9.72 Å². The fourth-order valence-corrected chi connectivity index (χ4v) is 1.54. The molecule has 19 heavy (non-hydrogen) atoms. The van der Waals surface area contributed by atoms with E-state index in [4.69, 9.17) is 5.26 Å². The molecule has 0 spiro atoms. The van der Waals surface area contributed by atoms with Gasteiger partial charge in [-0.1, -0.05) is 19.9 Å². The molecule has 6 heteroatoms. The minimum Gasteiger partial charge on any atom is -0.336 e. The number of aryl methyl sites for hydroxylation is 1. The Morgan fingerprint density at radius 2 is 2.11 bits per heavy atom. The number of nitriles is 1. The first-order valence-corrected chi connectivity index (χ1v) is 5.82. The molecule has 0 aromatic heterocycles. The second kappa shape index (κ2) is 5.96. The monoisotopic (exact) mass is 261 g/mol. The molecule has 0 heterocycles. The molecule has 0 fully saturated rings. The number of hydrogen-bond acceptors (Lipinski definition) is 4. The topological polar surface area (TPSA) is 96.0 Å². The molecule has 1 N–H and O–H groups in total. The summed E-state index contributed by atoms with van der Waals surface area (Å²) in [6.45, 7) is 5.32. The first-order chi connectivity index (χ1) is 8.86. The van der Waals surface area contributed by atoms with Gasteiger partial charge in [-0.25, -0.2) is 0 Å². The Kier molecular flexibility index (Phi) is 4.59. The van der Waals surface area contributed by atoms with Crippen LogP contribution in [-0.2, 0) is 0 Å². The summed E-state index contributed by atoms with van der Waals surface area (Å²) in [5.41, 5.74) is 0.701. The predicted molar refractivity (Wildman–Crippen MR) is 69.5 cm³/mol. The number of carbonyl (C=O) groups is 1. The van der Waals surface area contributed by atoms with Crippen molar-refractivity contribution >= 4 is 11.6 Å². The number of non-ortho nitro benzene ring substituents is 1. The zero-order valence-corrected chi connectivity index (χ0v) is 11.0. The quantitative estimate of drug-likeness (QED) is 0.663. The van der Waals surface area contributed by atoms with Gasteiger partial charge in [-0.3, -0.25) is 14.9 Å². The summed E-state index contributed by atoms with van der Waals surface area (Å²) in [6, 6.07) is 5.46. The predicted octanol–water partition coefficient (Wildman–Crippen LogP) is 2.18. The summed E-state index contributed by atoms with van der Waals surface area (Å²) < 4.78 is 0. The van der Waals surface area contributed by atoms with Crippen LogP contribution in [0.1, 0.15) is 29.8 Å². The van der Waals surface area contributed by atoms with Crippen molar-refractivity contribution in [2.24, 2.45) is 5.92 Å². The maximum atomic E-state index is 12.0. The minimum absolute atomic E-state index is 0.0343. The largest absolute Gasteiger partial charge is 0.336 e. The van der Waals surface area contributed by atoms with Gasteiger partial charge in [-0.05, 0) is 18.4 Å². The summed E-state index contributed by atoms with van der Waals surface area (Å²) in [5, 5.41) is 22.2. The maximum Gasteiger partial charge on any atom is 0.270 e. The van der Waals surface area contributed by atoms with Gasteiger partial charge in [0.2, 0.25) is 0 Å². The van der Waals surface area contributed by atoms with E-state index in [-0.39, 0.29) is 17.2 Å². The van der Waals surface area contributed by atoms with Crippen LogP contribution >= 0.6 is 0 Å². The zero-order chi connectivity index (χ0) is 14.6. The molecule has 1 aromatic carbocycles. The lowest BCUT2D eigenvalue weighted by molar-refractivity contribution is -0.384. The van der Waals surface area contributed by atoms with Crippen LogP contribution in [0.4, 0.5) is 5.69 Å². The molecule has 1 atom stereocenters. The smallest absolute Gasteiger partial charge is 0.270 e. The Morgan fingerprint density at radius 1 is 1.47 bits per heavy atom. The van der Waals surface area contributed by atoms with Crippen LogP contribution in [0.15, 0.2) is 18.2 Å². The molecule has 0 aliphatic rings. The molecule has 1 unspecified atom stereocenters. The van der Waals surface area contributed by atoms with E-state index in [1.54, 1.807) is 6.92 Å². The van der Waals surface area contributed by atoms with Crippen molar-refractivity contribution in [2.75, 3.05) is 0 Å². The molecule has 0 aliphatic carbocycles. The first-order valence-electron chi connectivity index (χ1n) is 5.82. The summed E-state index contributed by atoms with van der Waals surface area (Å²) >= 11 is 0. The Labute approximate surface area is 111 Å². The SMILES string of the molecule is Cc1ccc([N+](=O)[O-])cc1C(=O)NC(C#N)C(C)C. The molecule has 0 radical (unpaired) electrons. The number of rotatable bonds is 4. The molecular formula is C13H15N3O3. The van der Waals surface area contributed by atoms with Crippen LogP contribution in [0.3, 0.4) is 0 Å². The lowest BCUT2D eigenvalue weighted by atomic mass is 10.0. The summed E-state index contributed by atoms with van der Waals surface area (Å²) in [6.07, 6.45) is 0. The van der Waals surface area contributed by atoms with Gasteiger partial charge < -0.3 is 5.32 Å². The van der Waals surface area contributed by atoms with Crippen molar-refractivity contribution in [3.63, 3.8) is 0 Å². The average Bonchev–Trinajstić information content (AvgIpc) is 2.35. The van der Waals surface area contributed by atoms with Gasteiger partial charge in [0.05, 0.1) is 11.0 Å². The summed E-state index contributed by atoms with van der Waals surface area (Å²) in [4.78, 5) is 22.2. The number of carbonyl (C=O) groups excluding carboxylic acids is 1. The molecule has 100 valence electrons. The van der Waals surface area contributed by atoms with Crippen molar-refractivity contribution in [1.29, 1.82) is 5.26 Å². The standard InChI is InChI=1S/C13H15N3O3/c1-8(2)12(7-14)15-13(17)11-6-10(16(18)19)5-4-9(11)3/h4-6,8,12H,1-3H3,(H,15,17). The van der Waals surface area contributed by atoms with Crippen molar-refractivity contribution in [2.45, 2.75) is 26.8 Å². The molecular weight excluding hydrogens is 246 g/mol. The van der Waals surface area contributed by atoms with Gasteiger partial charge >= 0.3 is 0 Å². The summed E-state index contributed by atoms with van der Waals surface area (Å²) in [7, 11) is 0. The Balaban J connectivity index is 3.03. The van der Waals surface area contributed by atoms with Crippen LogP contribution in [0.2, 0.25) is 0 Å². The number of hydrogen-bond donors (Lipinski definition) is 1. The maximum absolute atomic E-state index is 12.0. The summed E-state index contributed by atoms with van der Waals surface area (Å²) in [5.74, 6) is -0.505. The zero-order valence-electron chi connectivity index (χ0n) is 11.0. The van der Waals surface area contributed by atoms with Gasteiger partial charge in [0.1, 0.15) is 6.04 Å². The fraction of sp³-hybridized carbons (Fsp3) is 0.385. The number of benzene rings is 1. The van der Waals surface area contributed by atoms with E-state index in [2.05, 4.69) is 5.32 Å². The number of nitrogens with zero attached hydrogens (tertiary/aromatic N) is 2. The van der Waals surface area contributed by atoms with Crippen molar-refractivity contribution in [3.8, 4) is 6.07 Å². The highest BCUT2D eigenvalue weighted by Crippen LogP contribution is 2.17. The first kappa shape index (κ1) is 14.6. The van der Waals surface area contributed by atoms with Crippen LogP contribution in [0, 0.1) is 34.3 Å². The average molecular weight is 261 g/mol. The van der Waals surface area contributed by atoms with E-state index in [1.165, 1.54) is 18.2 Å². The van der Waals surface area contributed by atoms with Gasteiger partial charge in [0.25, 0.3) is 11.6 Å². The highest BCUT2D eigenvalue weighted by molar-refractivity contribution is 5.96. The lowest BCUT2D eigenvalue weighted by Crippen LogP contribution is -2.37. The van der Waals surface area contributed by atoms with E-state index in [9.17, 15) is 14.9 Å². The van der Waals surface area contributed by atoms with E-state index >= 15 is 0 Å². The van der Waals surface area contributed by atoms with Gasteiger partial charge in [-0.2, -0.15) is 5.26 Å². The third-order valence-electron chi connectivity index (χ3n) is 2.77. The highest BCUT2D eigenvalue weighted by Gasteiger charge is 2.19. The normalized spacial score (nSPS) is 11.7. The second-order valence-electron chi connectivity index (χ2n) is 4.58. The van der Waals surface area contributed by atoms with Crippen LogP contribution in [0.25, 0.3) is 0 Å².